The number of hydrogen-bond acceptors (Lipinski definition) is 2. The third-order valence-corrected chi connectivity index (χ3v) is 3.48. The van der Waals surface area contributed by atoms with Crippen molar-refractivity contribution in [3.05, 3.63) is 17.0 Å². The van der Waals surface area contributed by atoms with Gasteiger partial charge in [0.2, 0.25) is 0 Å². The maximum atomic E-state index is 4.67. The smallest absolute Gasteiger partial charge is 0.0628 e. The molecule has 1 rings (SSSR count). The Hall–Kier alpha value is -0.830. The zero-order valence-corrected chi connectivity index (χ0v) is 12.7. The number of nitrogens with zero attached hydrogens (tertiary/aromatic N) is 2. The highest BCUT2D eigenvalue weighted by Gasteiger charge is 2.10. The molecule has 0 aliphatic rings. The van der Waals surface area contributed by atoms with E-state index in [9.17, 15) is 0 Å². The van der Waals surface area contributed by atoms with Gasteiger partial charge in [0.25, 0.3) is 0 Å². The third-order valence-electron chi connectivity index (χ3n) is 3.48. The summed E-state index contributed by atoms with van der Waals surface area (Å²) < 4.78 is 2.19. The molecule has 3 heteroatoms. The van der Waals surface area contributed by atoms with Crippen molar-refractivity contribution in [2.75, 3.05) is 13.1 Å². The van der Waals surface area contributed by atoms with E-state index in [0.717, 1.165) is 32.0 Å². The van der Waals surface area contributed by atoms with Crippen molar-refractivity contribution in [3.63, 3.8) is 0 Å². The molecule has 18 heavy (non-hydrogen) atoms. The van der Waals surface area contributed by atoms with E-state index < -0.39 is 0 Å². The summed E-state index contributed by atoms with van der Waals surface area (Å²) in [6.07, 6.45) is 3.60. The van der Waals surface area contributed by atoms with Gasteiger partial charge in [0.15, 0.2) is 0 Å². The first kappa shape index (κ1) is 15.2. The average Bonchev–Trinajstić information content (AvgIpc) is 2.56. The standard InChI is InChI=1S/C15H29N3/c1-6-16-10-9-15-13(4)17-18(14(15)5)11-7-8-12(2)3/h12,16H,6-11H2,1-5H3. The molecular formula is C15H29N3. The van der Waals surface area contributed by atoms with E-state index in [0.29, 0.717) is 0 Å². The molecule has 0 aliphatic carbocycles. The molecular weight excluding hydrogens is 222 g/mol. The Morgan fingerprint density at radius 2 is 2.00 bits per heavy atom. The van der Waals surface area contributed by atoms with E-state index >= 15 is 0 Å². The minimum atomic E-state index is 0.787. The van der Waals surface area contributed by atoms with Gasteiger partial charge in [0, 0.05) is 12.2 Å². The number of nitrogens with one attached hydrogen (secondary N) is 1. The Labute approximate surface area is 112 Å². The predicted molar refractivity (Wildman–Crippen MR) is 78.0 cm³/mol. The Balaban J connectivity index is 2.56. The molecule has 0 spiro atoms. The second kappa shape index (κ2) is 7.57. The second-order valence-electron chi connectivity index (χ2n) is 5.51. The minimum absolute atomic E-state index is 0.787. The summed E-state index contributed by atoms with van der Waals surface area (Å²) in [6, 6.07) is 0. The molecule has 0 aliphatic heterocycles. The Bertz CT molecular complexity index is 353. The van der Waals surface area contributed by atoms with Crippen LogP contribution in [0.1, 0.15) is 50.6 Å². The Morgan fingerprint density at radius 1 is 1.28 bits per heavy atom. The second-order valence-corrected chi connectivity index (χ2v) is 5.51. The van der Waals surface area contributed by atoms with Crippen LogP contribution in [0.2, 0.25) is 0 Å². The van der Waals surface area contributed by atoms with Crippen LogP contribution in [0.3, 0.4) is 0 Å². The zero-order valence-electron chi connectivity index (χ0n) is 12.7. The predicted octanol–water partition coefficient (Wildman–Crippen LogP) is 3.09. The fourth-order valence-electron chi connectivity index (χ4n) is 2.35. The summed E-state index contributed by atoms with van der Waals surface area (Å²) in [6.45, 7) is 14.2. The first-order valence-corrected chi connectivity index (χ1v) is 7.29. The summed E-state index contributed by atoms with van der Waals surface area (Å²) in [5, 5.41) is 8.06. The van der Waals surface area contributed by atoms with Crippen molar-refractivity contribution in [2.45, 2.75) is 60.4 Å². The maximum absolute atomic E-state index is 4.67. The van der Waals surface area contributed by atoms with Gasteiger partial charge in [0.05, 0.1) is 5.69 Å². The van der Waals surface area contributed by atoms with Gasteiger partial charge in [-0.1, -0.05) is 20.8 Å². The molecule has 1 heterocycles. The molecule has 3 nitrogen and oxygen atoms in total. The molecule has 0 atom stereocenters. The van der Waals surface area contributed by atoms with Crippen molar-refractivity contribution in [2.24, 2.45) is 5.92 Å². The SMILES string of the molecule is CCNCCc1c(C)nn(CCCC(C)C)c1C. The van der Waals surface area contributed by atoms with Gasteiger partial charge in [-0.15, -0.1) is 0 Å². The molecule has 0 unspecified atom stereocenters. The van der Waals surface area contributed by atoms with E-state index in [1.807, 2.05) is 0 Å². The van der Waals surface area contributed by atoms with E-state index in [1.54, 1.807) is 0 Å². The summed E-state index contributed by atoms with van der Waals surface area (Å²) in [5.74, 6) is 0.787. The fraction of sp³-hybridized carbons (Fsp3) is 0.800. The van der Waals surface area contributed by atoms with Crippen LogP contribution in [0.5, 0.6) is 0 Å². The van der Waals surface area contributed by atoms with Gasteiger partial charge in [-0.2, -0.15) is 5.10 Å². The van der Waals surface area contributed by atoms with Crippen molar-refractivity contribution in [1.29, 1.82) is 0 Å². The number of aromatic nitrogens is 2. The van der Waals surface area contributed by atoms with Gasteiger partial charge in [0.1, 0.15) is 0 Å². The molecule has 0 fully saturated rings. The number of aryl methyl sites for hydroxylation is 2. The largest absolute Gasteiger partial charge is 0.317 e. The molecule has 0 aromatic carbocycles. The molecule has 1 aromatic rings. The molecule has 0 saturated carbocycles. The van der Waals surface area contributed by atoms with Crippen LogP contribution in [0.4, 0.5) is 0 Å². The summed E-state index contributed by atoms with van der Waals surface area (Å²) >= 11 is 0. The van der Waals surface area contributed by atoms with E-state index in [4.69, 9.17) is 0 Å². The van der Waals surface area contributed by atoms with Crippen LogP contribution in [-0.4, -0.2) is 22.9 Å². The third kappa shape index (κ3) is 4.45. The van der Waals surface area contributed by atoms with Crippen LogP contribution in [0.25, 0.3) is 0 Å². The lowest BCUT2D eigenvalue weighted by Gasteiger charge is -2.07. The molecule has 0 saturated heterocycles. The van der Waals surface area contributed by atoms with E-state index in [2.05, 4.69) is 49.7 Å². The molecule has 0 bridgehead atoms. The van der Waals surface area contributed by atoms with Crippen LogP contribution in [0, 0.1) is 19.8 Å². The summed E-state index contributed by atoms with van der Waals surface area (Å²) in [4.78, 5) is 0. The Kier molecular flexibility index (Phi) is 6.41. The van der Waals surface area contributed by atoms with E-state index in [1.165, 1.54) is 29.8 Å². The van der Waals surface area contributed by atoms with Crippen molar-refractivity contribution < 1.29 is 0 Å². The zero-order chi connectivity index (χ0) is 13.5. The highest BCUT2D eigenvalue weighted by atomic mass is 15.3. The van der Waals surface area contributed by atoms with Crippen LogP contribution in [-0.2, 0) is 13.0 Å². The molecule has 0 amide bonds. The van der Waals surface area contributed by atoms with Crippen LogP contribution >= 0.6 is 0 Å². The average molecular weight is 251 g/mol. The Morgan fingerprint density at radius 3 is 2.61 bits per heavy atom. The monoisotopic (exact) mass is 251 g/mol. The fourth-order valence-corrected chi connectivity index (χ4v) is 2.35. The first-order chi connectivity index (χ1) is 8.56. The number of rotatable bonds is 8. The van der Waals surface area contributed by atoms with Gasteiger partial charge in [-0.3, -0.25) is 4.68 Å². The van der Waals surface area contributed by atoms with Gasteiger partial charge in [-0.25, -0.2) is 0 Å². The summed E-state index contributed by atoms with van der Waals surface area (Å²) in [5.41, 5.74) is 3.99. The number of likely N-dealkylation sites (N-methyl/N-ethyl adjacent to an activating group) is 1. The van der Waals surface area contributed by atoms with Crippen LogP contribution < -0.4 is 5.32 Å². The van der Waals surface area contributed by atoms with Crippen LogP contribution in [0.15, 0.2) is 0 Å². The maximum Gasteiger partial charge on any atom is 0.0628 e. The molecule has 1 N–H and O–H groups in total. The van der Waals surface area contributed by atoms with Crippen molar-refractivity contribution in [1.82, 2.24) is 15.1 Å². The van der Waals surface area contributed by atoms with Crippen molar-refractivity contribution >= 4 is 0 Å². The van der Waals surface area contributed by atoms with Crippen molar-refractivity contribution in [3.8, 4) is 0 Å². The van der Waals surface area contributed by atoms with Gasteiger partial charge in [-0.05, 0) is 57.7 Å². The quantitative estimate of drug-likeness (QED) is 0.720. The highest BCUT2D eigenvalue weighted by molar-refractivity contribution is 5.24. The van der Waals surface area contributed by atoms with Gasteiger partial charge >= 0.3 is 0 Å². The lowest BCUT2D eigenvalue weighted by atomic mass is 10.1. The lowest BCUT2D eigenvalue weighted by molar-refractivity contribution is 0.483. The highest BCUT2D eigenvalue weighted by Crippen LogP contribution is 2.15. The number of hydrogen-bond donors (Lipinski definition) is 1. The first-order valence-electron chi connectivity index (χ1n) is 7.29. The molecule has 0 radical (unpaired) electrons. The lowest BCUT2D eigenvalue weighted by Crippen LogP contribution is -2.16. The minimum Gasteiger partial charge on any atom is -0.317 e. The van der Waals surface area contributed by atoms with E-state index in [-0.39, 0.29) is 0 Å². The normalized spacial score (nSPS) is 11.4. The molecule has 1 aromatic heterocycles. The topological polar surface area (TPSA) is 29.9 Å². The molecule has 104 valence electrons. The summed E-state index contributed by atoms with van der Waals surface area (Å²) in [7, 11) is 0. The van der Waals surface area contributed by atoms with Gasteiger partial charge < -0.3 is 5.32 Å².